The van der Waals surface area contributed by atoms with Gasteiger partial charge in [-0.15, -0.1) is 0 Å². The molecule has 2 rings (SSSR count). The van der Waals surface area contributed by atoms with Crippen LogP contribution in [-0.2, 0) is 20.9 Å². The molecule has 0 bridgehead atoms. The molecule has 0 saturated carbocycles. The number of carbonyl (C=O) groups excluding carboxylic acids is 2. The highest BCUT2D eigenvalue weighted by Gasteiger charge is 2.28. The Morgan fingerprint density at radius 3 is 2.59 bits per heavy atom. The normalized spacial score (nSPS) is 12.5. The van der Waals surface area contributed by atoms with Gasteiger partial charge in [-0.25, -0.2) is 9.59 Å². The molecule has 0 radical (unpaired) electrons. The maximum absolute atomic E-state index is 12.5. The summed E-state index contributed by atoms with van der Waals surface area (Å²) in [5, 5.41) is 12.0. The molecule has 0 fully saturated rings. The molecule has 1 atom stereocenters. The van der Waals surface area contributed by atoms with Gasteiger partial charge >= 0.3 is 12.1 Å². The maximum Gasteiger partial charge on any atom is 0.408 e. The Morgan fingerprint density at radius 1 is 1.30 bits per heavy atom. The summed E-state index contributed by atoms with van der Waals surface area (Å²) in [6.07, 6.45) is 2.90. The standard InChI is InChI=1S/C20H25N3O4/c1-13(2)17(22-19(25)27-20(3,4)5)18(24)26-12-14-11-23-9-7-6-8-16(23)15(14)10-21/h6-9,11,13,17H,12H2,1-5H3,(H,22,25). The third-order valence-electron chi connectivity index (χ3n) is 3.84. The van der Waals surface area contributed by atoms with Crippen LogP contribution in [0, 0.1) is 17.2 Å². The first kappa shape index (κ1) is 20.3. The monoisotopic (exact) mass is 371 g/mol. The summed E-state index contributed by atoms with van der Waals surface area (Å²) in [6, 6.07) is 6.82. The Morgan fingerprint density at radius 2 is 2.00 bits per heavy atom. The predicted molar refractivity (Wildman–Crippen MR) is 99.9 cm³/mol. The molecule has 2 aromatic heterocycles. The highest BCUT2D eigenvalue weighted by atomic mass is 16.6. The summed E-state index contributed by atoms with van der Waals surface area (Å²) in [5.41, 5.74) is 1.16. The van der Waals surface area contributed by atoms with Crippen LogP contribution >= 0.6 is 0 Å². The summed E-state index contributed by atoms with van der Waals surface area (Å²) in [7, 11) is 0. The molecule has 1 amide bonds. The fourth-order valence-electron chi connectivity index (χ4n) is 2.59. The largest absolute Gasteiger partial charge is 0.459 e. The number of rotatable bonds is 5. The second-order valence-electron chi connectivity index (χ2n) is 7.61. The number of carbonyl (C=O) groups is 2. The van der Waals surface area contributed by atoms with Gasteiger partial charge in [0.25, 0.3) is 0 Å². The summed E-state index contributed by atoms with van der Waals surface area (Å²) in [6.45, 7) is 8.79. The van der Waals surface area contributed by atoms with Crippen LogP contribution < -0.4 is 5.32 Å². The first-order valence-corrected chi connectivity index (χ1v) is 8.77. The second kappa shape index (κ2) is 8.12. The van der Waals surface area contributed by atoms with Crippen LogP contribution in [0.1, 0.15) is 45.7 Å². The number of nitriles is 1. The van der Waals surface area contributed by atoms with Crippen LogP contribution in [0.3, 0.4) is 0 Å². The van der Waals surface area contributed by atoms with Gasteiger partial charge in [-0.2, -0.15) is 5.26 Å². The zero-order valence-corrected chi connectivity index (χ0v) is 16.3. The molecule has 2 heterocycles. The van der Waals surface area contributed by atoms with E-state index in [4.69, 9.17) is 9.47 Å². The number of nitrogens with zero attached hydrogens (tertiary/aromatic N) is 2. The van der Waals surface area contributed by atoms with Crippen LogP contribution in [0.25, 0.3) is 5.52 Å². The number of nitrogens with one attached hydrogen (secondary N) is 1. The lowest BCUT2D eigenvalue weighted by molar-refractivity contribution is -0.148. The van der Waals surface area contributed by atoms with E-state index < -0.39 is 23.7 Å². The average molecular weight is 371 g/mol. The van der Waals surface area contributed by atoms with Gasteiger partial charge in [0.15, 0.2) is 0 Å². The van der Waals surface area contributed by atoms with Gasteiger partial charge in [-0.3, -0.25) is 0 Å². The fourth-order valence-corrected chi connectivity index (χ4v) is 2.59. The smallest absolute Gasteiger partial charge is 0.408 e. The van der Waals surface area contributed by atoms with Gasteiger partial charge in [-0.1, -0.05) is 19.9 Å². The third kappa shape index (κ3) is 5.23. The Balaban J connectivity index is 2.08. The summed E-state index contributed by atoms with van der Waals surface area (Å²) < 4.78 is 12.4. The van der Waals surface area contributed by atoms with E-state index in [0.717, 1.165) is 5.52 Å². The maximum atomic E-state index is 12.5. The van der Waals surface area contributed by atoms with Crippen molar-refractivity contribution < 1.29 is 19.1 Å². The molecule has 0 aliphatic rings. The van der Waals surface area contributed by atoms with Crippen molar-refractivity contribution in [3.05, 3.63) is 41.7 Å². The third-order valence-corrected chi connectivity index (χ3v) is 3.84. The number of hydrogen-bond acceptors (Lipinski definition) is 5. The van der Waals surface area contributed by atoms with Gasteiger partial charge in [-0.05, 0) is 38.8 Å². The lowest BCUT2D eigenvalue weighted by Gasteiger charge is -2.24. The molecule has 0 saturated heterocycles. The number of hydrogen-bond donors (Lipinski definition) is 1. The Hall–Kier alpha value is -3.01. The van der Waals surface area contributed by atoms with Crippen molar-refractivity contribution in [3.63, 3.8) is 0 Å². The molecule has 0 aliphatic carbocycles. The van der Waals surface area contributed by atoms with Gasteiger partial charge in [0.1, 0.15) is 24.3 Å². The molecule has 7 nitrogen and oxygen atoms in total. The minimum absolute atomic E-state index is 0.0530. The predicted octanol–water partition coefficient (Wildman–Crippen LogP) is 3.40. The zero-order valence-electron chi connectivity index (χ0n) is 16.3. The molecule has 7 heteroatoms. The van der Waals surface area contributed by atoms with Crippen molar-refractivity contribution in [1.82, 2.24) is 9.72 Å². The van der Waals surface area contributed by atoms with E-state index in [1.54, 1.807) is 45.2 Å². The van der Waals surface area contributed by atoms with E-state index in [1.165, 1.54) is 0 Å². The minimum Gasteiger partial charge on any atom is -0.459 e. The van der Waals surface area contributed by atoms with Crippen molar-refractivity contribution in [2.45, 2.75) is 52.9 Å². The molecule has 27 heavy (non-hydrogen) atoms. The van der Waals surface area contributed by atoms with Crippen LogP contribution in [0.15, 0.2) is 30.6 Å². The van der Waals surface area contributed by atoms with E-state index in [1.807, 2.05) is 24.4 Å². The number of amides is 1. The van der Waals surface area contributed by atoms with Crippen molar-refractivity contribution in [2.75, 3.05) is 0 Å². The second-order valence-corrected chi connectivity index (χ2v) is 7.61. The highest BCUT2D eigenvalue weighted by Crippen LogP contribution is 2.19. The van der Waals surface area contributed by atoms with Crippen LogP contribution in [0.4, 0.5) is 4.79 Å². The van der Waals surface area contributed by atoms with Gasteiger partial charge in [0.2, 0.25) is 0 Å². The SMILES string of the molecule is CC(C)C(NC(=O)OC(C)(C)C)C(=O)OCc1cn2ccccc2c1C#N. The molecule has 0 aliphatic heterocycles. The number of esters is 1. The van der Waals surface area contributed by atoms with Crippen molar-refractivity contribution in [2.24, 2.45) is 5.92 Å². The first-order chi connectivity index (χ1) is 12.6. The molecule has 2 aromatic rings. The van der Waals surface area contributed by atoms with Crippen LogP contribution in [0.2, 0.25) is 0 Å². The lowest BCUT2D eigenvalue weighted by atomic mass is 10.1. The lowest BCUT2D eigenvalue weighted by Crippen LogP contribution is -2.47. The number of aromatic nitrogens is 1. The molecule has 144 valence electrons. The Bertz CT molecular complexity index is 871. The molecular weight excluding hydrogens is 346 g/mol. The molecular formula is C20H25N3O4. The van der Waals surface area contributed by atoms with Crippen LogP contribution in [-0.4, -0.2) is 28.1 Å². The highest BCUT2D eigenvalue weighted by molar-refractivity contribution is 5.81. The van der Waals surface area contributed by atoms with Gasteiger partial charge < -0.3 is 19.2 Å². The number of pyridine rings is 1. The number of alkyl carbamates (subject to hydrolysis) is 1. The van der Waals surface area contributed by atoms with E-state index in [9.17, 15) is 14.9 Å². The molecule has 0 aromatic carbocycles. The first-order valence-electron chi connectivity index (χ1n) is 8.77. The number of ether oxygens (including phenoxy) is 2. The average Bonchev–Trinajstić information content (AvgIpc) is 2.93. The zero-order chi connectivity index (χ0) is 20.2. The van der Waals surface area contributed by atoms with Crippen LogP contribution in [0.5, 0.6) is 0 Å². The Kier molecular flexibility index (Phi) is 6.11. The molecule has 1 unspecified atom stereocenters. The van der Waals surface area contributed by atoms with Gasteiger partial charge in [0, 0.05) is 18.0 Å². The topological polar surface area (TPSA) is 92.8 Å². The van der Waals surface area contributed by atoms with Crippen molar-refractivity contribution >= 4 is 17.6 Å². The van der Waals surface area contributed by atoms with E-state index in [0.29, 0.717) is 11.1 Å². The van der Waals surface area contributed by atoms with E-state index >= 15 is 0 Å². The Labute approximate surface area is 158 Å². The number of fused-ring (bicyclic) bond motifs is 1. The summed E-state index contributed by atoms with van der Waals surface area (Å²) in [4.78, 5) is 24.5. The van der Waals surface area contributed by atoms with Crippen molar-refractivity contribution in [1.29, 1.82) is 5.26 Å². The van der Waals surface area contributed by atoms with E-state index in [-0.39, 0.29) is 12.5 Å². The minimum atomic E-state index is -0.845. The quantitative estimate of drug-likeness (QED) is 0.813. The van der Waals surface area contributed by atoms with Gasteiger partial charge in [0.05, 0.1) is 11.1 Å². The summed E-state index contributed by atoms with van der Waals surface area (Å²) >= 11 is 0. The molecule has 1 N–H and O–H groups in total. The fraction of sp³-hybridized carbons (Fsp3) is 0.450. The van der Waals surface area contributed by atoms with Crippen molar-refractivity contribution in [3.8, 4) is 6.07 Å². The van der Waals surface area contributed by atoms with E-state index in [2.05, 4.69) is 11.4 Å². The molecule has 0 spiro atoms. The summed E-state index contributed by atoms with van der Waals surface area (Å²) in [5.74, 6) is -0.761.